The summed E-state index contributed by atoms with van der Waals surface area (Å²) in [7, 11) is -3.21. The lowest BCUT2D eigenvalue weighted by molar-refractivity contribution is -0.140. The topological polar surface area (TPSA) is 353 Å². The first-order valence-electron chi connectivity index (χ1n) is 28.6. The van der Waals surface area contributed by atoms with Crippen molar-refractivity contribution in [1.29, 1.82) is 0 Å². The van der Waals surface area contributed by atoms with Gasteiger partial charge in [0.15, 0.2) is 5.69 Å². The number of ether oxygens (including phenoxy) is 7. The van der Waals surface area contributed by atoms with Crippen LogP contribution in [0.5, 0.6) is 11.5 Å². The van der Waals surface area contributed by atoms with E-state index in [1.807, 2.05) is 26.0 Å². The highest BCUT2D eigenvalue weighted by atomic mass is 35.5. The van der Waals surface area contributed by atoms with Gasteiger partial charge in [-0.1, -0.05) is 23.2 Å². The number of carboxylic acids is 3. The van der Waals surface area contributed by atoms with Crippen molar-refractivity contribution in [2.75, 3.05) is 164 Å². The van der Waals surface area contributed by atoms with Crippen LogP contribution in [0, 0.1) is 0 Å². The van der Waals surface area contributed by atoms with E-state index in [9.17, 15) is 57.1 Å². The summed E-state index contributed by atoms with van der Waals surface area (Å²) in [5.74, 6) is -5.45. The lowest BCUT2D eigenvalue weighted by Crippen LogP contribution is -2.55. The number of hydrogen-bond acceptors (Lipinski definition) is 21. The molecule has 7 rings (SSSR count). The van der Waals surface area contributed by atoms with Crippen LogP contribution in [0.2, 0.25) is 10.0 Å². The predicted molar refractivity (Wildman–Crippen MR) is 321 cm³/mol. The van der Waals surface area contributed by atoms with E-state index in [0.717, 1.165) is 11.1 Å². The summed E-state index contributed by atoms with van der Waals surface area (Å²) in [5.41, 5.74) is 4.30. The van der Waals surface area contributed by atoms with Gasteiger partial charge in [0.25, 0.3) is 16.0 Å². The summed E-state index contributed by atoms with van der Waals surface area (Å²) >= 11 is 13.0. The molecule has 2 fully saturated rings. The number of nitrogens with zero attached hydrogens (tertiary/aromatic N) is 8. The molecule has 3 aliphatic heterocycles. The zero-order chi connectivity index (χ0) is 64.3. The maximum absolute atomic E-state index is 14.4. The number of carbonyl (C=O) groups excluding carboxylic acids is 3. The number of fused-ring (bicyclic) bond motifs is 3. The van der Waals surface area contributed by atoms with Crippen molar-refractivity contribution in [2.45, 2.75) is 38.6 Å². The van der Waals surface area contributed by atoms with Crippen LogP contribution in [0.1, 0.15) is 35.5 Å². The molecule has 0 radical (unpaired) electrons. The fraction of sp³-hybridized carbons (Fsp3) is 0.544. The van der Waals surface area contributed by atoms with Gasteiger partial charge >= 0.3 is 17.9 Å². The second kappa shape index (κ2) is 33.4. The average Bonchev–Trinajstić information content (AvgIpc) is 1.71. The number of carbonyl (C=O) groups is 6. The molecule has 89 heavy (non-hydrogen) atoms. The summed E-state index contributed by atoms with van der Waals surface area (Å²) in [4.78, 5) is 88.3. The molecule has 32 heteroatoms. The monoisotopic (exact) mass is 1310 g/mol. The second-order valence-corrected chi connectivity index (χ2v) is 24.2. The Hall–Kier alpha value is -6.65. The predicted octanol–water partition coefficient (Wildman–Crippen LogP) is 1.59. The lowest BCUT2D eigenvalue weighted by Gasteiger charge is -2.41. The number of pyridine rings is 1. The molecule has 0 bridgehead atoms. The zero-order valence-electron chi connectivity index (χ0n) is 49.7. The molecule has 0 aliphatic carbocycles. The first kappa shape index (κ1) is 69.8. The molecule has 6 N–H and O–H groups in total. The number of benzene rings is 2. The Morgan fingerprint density at radius 3 is 1.80 bits per heavy atom. The van der Waals surface area contributed by atoms with Gasteiger partial charge in [-0.05, 0) is 49.7 Å². The molecule has 0 unspecified atom stereocenters. The molecule has 5 heterocycles. The van der Waals surface area contributed by atoms with E-state index in [1.165, 1.54) is 0 Å². The number of aromatic nitrogens is 3. The highest BCUT2D eigenvalue weighted by molar-refractivity contribution is 7.85. The number of carboxylic acid groups (broad SMARTS) is 3. The molecular formula is C57H76Cl2N10O19S. The van der Waals surface area contributed by atoms with Gasteiger partial charge in [0, 0.05) is 116 Å². The number of nitrogens with one attached hydrogen (secondary N) is 2. The van der Waals surface area contributed by atoms with Crippen LogP contribution in [-0.2, 0) is 71.0 Å². The molecule has 3 amide bonds. The van der Waals surface area contributed by atoms with E-state index >= 15 is 0 Å². The molecular weight excluding hydrogens is 1230 g/mol. The lowest BCUT2D eigenvalue weighted by atomic mass is 9.95. The molecule has 29 nitrogen and oxygen atoms in total. The first-order chi connectivity index (χ1) is 42.5. The quantitative estimate of drug-likeness (QED) is 0.0319. The summed E-state index contributed by atoms with van der Waals surface area (Å²) in [6, 6.07) is 9.03. The third kappa shape index (κ3) is 21.5. The molecule has 2 aromatic carbocycles. The maximum atomic E-state index is 14.4. The van der Waals surface area contributed by atoms with Gasteiger partial charge in [0.2, 0.25) is 11.8 Å². The molecule has 1 atom stereocenters. The Kier molecular flexibility index (Phi) is 26.2. The number of halogens is 2. The molecule has 0 spiro atoms. The van der Waals surface area contributed by atoms with Crippen molar-refractivity contribution < 1.29 is 90.2 Å². The van der Waals surface area contributed by atoms with Gasteiger partial charge in [0.05, 0.1) is 116 Å². The van der Waals surface area contributed by atoms with Crippen molar-refractivity contribution in [3.8, 4) is 39.6 Å². The number of rotatable bonds is 30. The Morgan fingerprint density at radius 2 is 1.26 bits per heavy atom. The van der Waals surface area contributed by atoms with E-state index < -0.39 is 63.7 Å². The van der Waals surface area contributed by atoms with Crippen molar-refractivity contribution >= 4 is 68.9 Å². The maximum Gasteiger partial charge on any atom is 0.317 e. The Labute approximate surface area is 524 Å². The zero-order valence-corrected chi connectivity index (χ0v) is 52.1. The minimum atomic E-state index is -4.77. The van der Waals surface area contributed by atoms with Crippen molar-refractivity contribution in [3.63, 3.8) is 0 Å². The van der Waals surface area contributed by atoms with Crippen LogP contribution < -0.4 is 20.1 Å². The van der Waals surface area contributed by atoms with Crippen molar-refractivity contribution in [1.82, 2.24) is 49.9 Å². The highest BCUT2D eigenvalue weighted by Gasteiger charge is 2.40. The smallest absolute Gasteiger partial charge is 0.317 e. The van der Waals surface area contributed by atoms with Crippen molar-refractivity contribution in [3.05, 3.63) is 75.7 Å². The van der Waals surface area contributed by atoms with Crippen LogP contribution in [-0.4, -0.2) is 279 Å². The Morgan fingerprint density at radius 1 is 0.708 bits per heavy atom. The van der Waals surface area contributed by atoms with Gasteiger partial charge in [-0.2, -0.15) is 13.5 Å². The van der Waals surface area contributed by atoms with Gasteiger partial charge in [-0.3, -0.25) is 57.9 Å². The van der Waals surface area contributed by atoms with Gasteiger partial charge in [-0.15, -0.1) is 0 Å². The summed E-state index contributed by atoms with van der Waals surface area (Å²) < 4.78 is 75.8. The summed E-state index contributed by atoms with van der Waals surface area (Å²) in [5, 5.41) is 39.0. The number of morpholine rings is 1. The van der Waals surface area contributed by atoms with E-state index in [2.05, 4.69) is 15.6 Å². The normalized spacial score (nSPS) is 16.6. The largest absolute Gasteiger partial charge is 0.496 e. The Balaban J connectivity index is 0.834. The van der Waals surface area contributed by atoms with Crippen LogP contribution in [0.15, 0.2) is 48.8 Å². The SMILES string of the molecule is COc1cc2c(cc1-c1cncc(COCCOCCOCCOCCNC(=O)[C@H](CS(=O)(=O)O)NC(=O)CN3CCN(CC(=O)O)CCN(CC(=O)O)CCN(CC(=O)O)CC3)c1)-c1c(c(C(=O)N3CCOCC3(C)C)nn1-c1cc(Cl)cc(Cl)c1)CO2. The molecule has 3 aliphatic rings. The Bertz CT molecular complexity index is 3180. The fourth-order valence-corrected chi connectivity index (χ4v) is 11.4. The number of amides is 3. The summed E-state index contributed by atoms with van der Waals surface area (Å²) in [6.45, 7) is 6.10. The number of methoxy groups -OCH3 is 1. The molecule has 488 valence electrons. The average molecular weight is 1310 g/mol. The highest BCUT2D eigenvalue weighted by Crippen LogP contribution is 2.46. The summed E-state index contributed by atoms with van der Waals surface area (Å²) in [6.07, 6.45) is 3.41. The molecule has 2 aromatic heterocycles. The first-order valence-corrected chi connectivity index (χ1v) is 31.0. The van der Waals surface area contributed by atoms with Crippen LogP contribution in [0.25, 0.3) is 28.1 Å². The van der Waals surface area contributed by atoms with E-state index in [-0.39, 0.29) is 150 Å². The molecule has 2 saturated heterocycles. The number of hydrogen-bond donors (Lipinski definition) is 6. The van der Waals surface area contributed by atoms with Gasteiger partial charge in [0.1, 0.15) is 29.9 Å². The molecule has 4 aromatic rings. The van der Waals surface area contributed by atoms with Gasteiger partial charge in [-0.25, -0.2) is 4.68 Å². The van der Waals surface area contributed by atoms with E-state index in [4.69, 9.17) is 61.5 Å². The van der Waals surface area contributed by atoms with E-state index in [1.54, 1.807) is 73.0 Å². The van der Waals surface area contributed by atoms with Crippen LogP contribution in [0.4, 0.5) is 0 Å². The third-order valence-corrected chi connectivity index (χ3v) is 15.7. The van der Waals surface area contributed by atoms with Crippen LogP contribution >= 0.6 is 23.2 Å². The van der Waals surface area contributed by atoms with E-state index in [0.29, 0.717) is 69.4 Å². The van der Waals surface area contributed by atoms with Gasteiger partial charge < -0.3 is 64.0 Å². The standard InChI is InChI=1S/C57H76Cl2N10O19S/c1-57(2)37-87-15-13-68(57)56(78)53-45-35-88-48-27-47(82-3)43(26-44(48)54(45)69(63-53)42-24-40(58)23-41(59)25-42)39-22-38(28-60-29-39)34-86-21-20-85-19-18-84-17-16-83-14-4-61-55(77)46(36-89(79,80)81)62-49(70)30-64-5-7-65(31-50(71)72)9-11-67(33-52(75)76)12-10-66(8-6-64)32-51(73)74/h22-29,46H,4-21,30-37H2,1-3H3,(H,61,77)(H,62,70)(H,71,72)(H,73,74)(H,75,76)(H,79,80,81)/t46-/m0/s1. The molecule has 0 saturated carbocycles. The number of aliphatic carboxylic acids is 3. The second-order valence-electron chi connectivity index (χ2n) is 21.8. The fourth-order valence-electron chi connectivity index (χ4n) is 10.2. The van der Waals surface area contributed by atoms with Crippen LogP contribution in [0.3, 0.4) is 0 Å². The third-order valence-electron chi connectivity index (χ3n) is 14.5. The minimum absolute atomic E-state index is 0.0156. The minimum Gasteiger partial charge on any atom is -0.496 e. The van der Waals surface area contributed by atoms with Crippen molar-refractivity contribution in [2.24, 2.45) is 0 Å².